The number of benzene rings is 3. The molecule has 3 aromatic rings. The van der Waals surface area contributed by atoms with Crippen LogP contribution in [0.5, 0.6) is 17.2 Å². The van der Waals surface area contributed by atoms with Crippen LogP contribution < -0.4 is 13.6 Å². The highest BCUT2D eigenvalue weighted by Crippen LogP contribution is 2.57. The summed E-state index contributed by atoms with van der Waals surface area (Å²) in [5.74, 6) is 0.868. The maximum absolute atomic E-state index is 14.1. The van der Waals surface area contributed by atoms with Crippen LogP contribution in [0.15, 0.2) is 63.2 Å². The second-order valence-corrected chi connectivity index (χ2v) is 13.5. The Balaban J connectivity index is 2.12. The van der Waals surface area contributed by atoms with Gasteiger partial charge in [-0.15, -0.1) is 0 Å². The van der Waals surface area contributed by atoms with Crippen LogP contribution in [0.1, 0.15) is 16.7 Å². The van der Waals surface area contributed by atoms with Crippen molar-refractivity contribution < 1.29 is 18.1 Å². The number of hydrogen-bond acceptors (Lipinski definition) is 4. The predicted molar refractivity (Wildman–Crippen MR) is 149 cm³/mol. The fourth-order valence-corrected chi connectivity index (χ4v) is 9.57. The lowest BCUT2D eigenvalue weighted by atomic mass is 10.2. The van der Waals surface area contributed by atoms with Gasteiger partial charge in [-0.1, -0.05) is 0 Å². The van der Waals surface area contributed by atoms with Gasteiger partial charge in [0.1, 0.15) is 0 Å². The van der Waals surface area contributed by atoms with E-state index in [0.29, 0.717) is 26.8 Å². The van der Waals surface area contributed by atoms with E-state index < -0.39 is 7.82 Å². The molecule has 0 unspecified atom stereocenters. The van der Waals surface area contributed by atoms with Crippen molar-refractivity contribution in [2.75, 3.05) is 0 Å². The Morgan fingerprint density at radius 3 is 0.875 bits per heavy atom. The first-order valence-corrected chi connectivity index (χ1v) is 15.2. The lowest BCUT2D eigenvalue weighted by Gasteiger charge is -2.23. The number of rotatable bonds is 6. The maximum Gasteiger partial charge on any atom is 0.647 e. The smallest absolute Gasteiger partial charge is 0.383 e. The van der Waals surface area contributed by atoms with Crippen molar-refractivity contribution in [3.8, 4) is 17.2 Å². The molecule has 32 heavy (non-hydrogen) atoms. The molecule has 3 rings (SSSR count). The summed E-state index contributed by atoms with van der Waals surface area (Å²) in [6, 6.07) is 11.1. The van der Waals surface area contributed by atoms with Crippen molar-refractivity contribution in [3.05, 3.63) is 79.9 Å². The summed E-state index contributed by atoms with van der Waals surface area (Å²) in [6.45, 7) is 5.81. The lowest BCUT2D eigenvalue weighted by Crippen LogP contribution is -2.10. The average Bonchev–Trinajstić information content (AvgIpc) is 2.64. The van der Waals surface area contributed by atoms with E-state index in [2.05, 4.69) is 95.6 Å². The molecule has 0 heterocycles. The second-order valence-electron chi connectivity index (χ2n) is 6.89. The van der Waals surface area contributed by atoms with Crippen molar-refractivity contribution >= 4 is 103 Å². The fraction of sp³-hybridized carbons (Fsp3) is 0.143. The molecule has 0 fully saturated rings. The number of aryl methyl sites for hydroxylation is 3. The van der Waals surface area contributed by atoms with Crippen LogP contribution >= 0.6 is 103 Å². The van der Waals surface area contributed by atoms with E-state index in [9.17, 15) is 4.57 Å². The highest BCUT2D eigenvalue weighted by molar-refractivity contribution is 9.12. The number of phosphoric ester groups is 1. The van der Waals surface area contributed by atoms with Crippen molar-refractivity contribution in [2.24, 2.45) is 0 Å². The van der Waals surface area contributed by atoms with Gasteiger partial charge >= 0.3 is 7.82 Å². The second kappa shape index (κ2) is 10.8. The predicted octanol–water partition coefficient (Wildman–Crippen LogP) is 10.8. The molecule has 11 heteroatoms. The zero-order valence-electron chi connectivity index (χ0n) is 16.8. The van der Waals surface area contributed by atoms with Gasteiger partial charge in [-0.05, 0) is 169 Å². The summed E-state index contributed by atoms with van der Waals surface area (Å²) in [5, 5.41) is 0. The van der Waals surface area contributed by atoms with Gasteiger partial charge in [0.25, 0.3) is 0 Å². The monoisotopic (exact) mass is 836 g/mol. The molecule has 0 amide bonds. The minimum absolute atomic E-state index is 0.289. The largest absolute Gasteiger partial charge is 0.647 e. The van der Waals surface area contributed by atoms with E-state index in [1.807, 2.05) is 57.2 Å². The van der Waals surface area contributed by atoms with Crippen LogP contribution in [0.3, 0.4) is 0 Å². The van der Waals surface area contributed by atoms with Crippen molar-refractivity contribution in [3.63, 3.8) is 0 Å². The fourth-order valence-electron chi connectivity index (χ4n) is 2.71. The maximum atomic E-state index is 14.1. The SMILES string of the molecule is Cc1cc(Br)c(OP(=O)(Oc2c(Br)cc(C)cc2Br)Oc2c(Br)cc(C)cc2Br)c(Br)c1. The zero-order valence-corrected chi connectivity index (χ0v) is 27.2. The van der Waals surface area contributed by atoms with Crippen LogP contribution in [0.25, 0.3) is 0 Å². The molecule has 0 aliphatic heterocycles. The Kier molecular flexibility index (Phi) is 9.06. The highest BCUT2D eigenvalue weighted by Gasteiger charge is 2.37. The molecule has 170 valence electrons. The first kappa shape index (κ1) is 26.8. The summed E-state index contributed by atoms with van der Waals surface area (Å²) in [6.07, 6.45) is 0. The Morgan fingerprint density at radius 1 is 0.500 bits per heavy atom. The van der Waals surface area contributed by atoms with Crippen molar-refractivity contribution in [2.45, 2.75) is 20.8 Å². The lowest BCUT2D eigenvalue weighted by molar-refractivity contribution is 0.294. The van der Waals surface area contributed by atoms with Gasteiger partial charge in [-0.2, -0.15) is 4.57 Å². The average molecular weight is 842 g/mol. The Bertz CT molecular complexity index is 1030. The molecular weight excluding hydrogens is 827 g/mol. The molecule has 0 aromatic heterocycles. The molecule has 0 aliphatic rings. The van der Waals surface area contributed by atoms with E-state index in [1.54, 1.807) is 0 Å². The molecule has 0 radical (unpaired) electrons. The highest BCUT2D eigenvalue weighted by atomic mass is 79.9. The summed E-state index contributed by atoms with van der Waals surface area (Å²) in [4.78, 5) is 0. The van der Waals surface area contributed by atoms with E-state index in [1.165, 1.54) is 0 Å². The minimum Gasteiger partial charge on any atom is -0.383 e. The minimum atomic E-state index is -4.27. The molecular formula is C21H15Br6O4P. The number of phosphoric acid groups is 1. The number of halogens is 6. The Morgan fingerprint density at radius 2 is 0.688 bits per heavy atom. The third-order valence-corrected chi connectivity index (χ3v) is 8.79. The molecule has 0 spiro atoms. The van der Waals surface area contributed by atoms with E-state index in [-0.39, 0.29) is 17.2 Å². The van der Waals surface area contributed by atoms with E-state index in [0.717, 1.165) is 16.7 Å². The number of hydrogen-bond donors (Lipinski definition) is 0. The Hall–Kier alpha value is 0.170. The quantitative estimate of drug-likeness (QED) is 0.232. The van der Waals surface area contributed by atoms with Crippen molar-refractivity contribution in [1.29, 1.82) is 0 Å². The third kappa shape index (κ3) is 6.43. The molecule has 3 aromatic carbocycles. The third-order valence-electron chi connectivity index (χ3n) is 4.04. The van der Waals surface area contributed by atoms with Gasteiger partial charge in [0, 0.05) is 0 Å². The molecule has 0 bridgehead atoms. The zero-order chi connectivity index (χ0) is 23.8. The first-order chi connectivity index (χ1) is 14.9. The summed E-state index contributed by atoms with van der Waals surface area (Å²) < 4.78 is 35.5. The van der Waals surface area contributed by atoms with Gasteiger partial charge in [0.05, 0.1) is 26.8 Å². The van der Waals surface area contributed by atoms with Crippen LogP contribution in [-0.4, -0.2) is 0 Å². The first-order valence-electron chi connectivity index (χ1n) is 8.94. The van der Waals surface area contributed by atoms with E-state index in [4.69, 9.17) is 13.6 Å². The normalized spacial score (nSPS) is 11.4. The van der Waals surface area contributed by atoms with Gasteiger partial charge in [0.2, 0.25) is 0 Å². The Labute approximate surface area is 237 Å². The molecule has 0 saturated heterocycles. The summed E-state index contributed by atoms with van der Waals surface area (Å²) in [5.41, 5.74) is 2.96. The summed E-state index contributed by atoms with van der Waals surface area (Å²) in [7, 11) is -4.27. The molecule has 0 aliphatic carbocycles. The molecule has 0 N–H and O–H groups in total. The topological polar surface area (TPSA) is 44.8 Å². The van der Waals surface area contributed by atoms with Crippen LogP contribution in [0.2, 0.25) is 0 Å². The van der Waals surface area contributed by atoms with Crippen LogP contribution in [0, 0.1) is 20.8 Å². The van der Waals surface area contributed by atoms with Gasteiger partial charge in [-0.3, -0.25) is 0 Å². The van der Waals surface area contributed by atoms with Gasteiger partial charge in [-0.25, -0.2) is 0 Å². The van der Waals surface area contributed by atoms with Crippen LogP contribution in [-0.2, 0) is 4.57 Å². The van der Waals surface area contributed by atoms with Gasteiger partial charge in [0.15, 0.2) is 17.2 Å². The standard InChI is InChI=1S/C21H15Br6O4P/c1-10-4-13(22)19(14(23)5-10)29-32(28,30-20-15(24)6-11(2)7-16(20)25)31-21-17(26)8-12(3)9-18(21)27/h4-9H,1-3H3. The van der Waals surface area contributed by atoms with Gasteiger partial charge < -0.3 is 13.6 Å². The van der Waals surface area contributed by atoms with Crippen LogP contribution in [0.4, 0.5) is 0 Å². The molecule has 0 saturated carbocycles. The van der Waals surface area contributed by atoms with E-state index >= 15 is 0 Å². The summed E-state index contributed by atoms with van der Waals surface area (Å²) >= 11 is 20.8. The van der Waals surface area contributed by atoms with Crippen molar-refractivity contribution in [1.82, 2.24) is 0 Å². The molecule has 4 nitrogen and oxygen atoms in total. The molecule has 0 atom stereocenters.